The third-order valence-electron chi connectivity index (χ3n) is 4.35. The van der Waals surface area contributed by atoms with Crippen molar-refractivity contribution in [2.45, 2.75) is 6.92 Å². The van der Waals surface area contributed by atoms with E-state index in [0.29, 0.717) is 28.3 Å². The van der Waals surface area contributed by atoms with Crippen LogP contribution in [0.2, 0.25) is 0 Å². The molecule has 0 saturated heterocycles. The van der Waals surface area contributed by atoms with Crippen molar-refractivity contribution in [2.24, 2.45) is 0 Å². The number of fused-ring (bicyclic) bond motifs is 1. The lowest BCUT2D eigenvalue weighted by molar-refractivity contribution is 0.0691. The topological polar surface area (TPSA) is 143 Å². The monoisotopic (exact) mass is 445 g/mol. The van der Waals surface area contributed by atoms with E-state index in [1.54, 1.807) is 16.8 Å². The van der Waals surface area contributed by atoms with E-state index in [4.69, 9.17) is 5.11 Å². The molecule has 0 fully saturated rings. The van der Waals surface area contributed by atoms with Crippen molar-refractivity contribution >= 4 is 45.5 Å². The summed E-state index contributed by atoms with van der Waals surface area (Å²) < 4.78 is 1.72. The molecule has 0 aliphatic heterocycles. The summed E-state index contributed by atoms with van der Waals surface area (Å²) in [5, 5.41) is 21.5. The molecule has 5 aromatic heterocycles. The molecule has 12 heteroatoms. The van der Waals surface area contributed by atoms with Gasteiger partial charge < -0.3 is 10.4 Å². The Hall–Kier alpha value is -4.45. The van der Waals surface area contributed by atoms with Crippen LogP contribution in [0, 0.1) is 6.92 Å². The smallest absolute Gasteiger partial charge is 0.355 e. The molecule has 0 spiro atoms. The first-order chi connectivity index (χ1) is 15.5. The van der Waals surface area contributed by atoms with Crippen molar-refractivity contribution in [3.05, 3.63) is 65.6 Å². The van der Waals surface area contributed by atoms with E-state index in [2.05, 4.69) is 40.7 Å². The number of nitrogens with one attached hydrogen (secondary N) is 2. The van der Waals surface area contributed by atoms with Gasteiger partial charge in [0, 0.05) is 23.5 Å². The number of carboxylic acid groups (broad SMARTS) is 1. The first-order valence-electron chi connectivity index (χ1n) is 9.40. The van der Waals surface area contributed by atoms with Gasteiger partial charge in [0.2, 0.25) is 11.8 Å². The summed E-state index contributed by atoms with van der Waals surface area (Å²) in [6.07, 6.45) is 3.40. The summed E-state index contributed by atoms with van der Waals surface area (Å²) in [4.78, 5) is 32.8. The molecule has 32 heavy (non-hydrogen) atoms. The summed E-state index contributed by atoms with van der Waals surface area (Å²) in [7, 11) is 0. The Kier molecular flexibility index (Phi) is 4.88. The fourth-order valence-corrected chi connectivity index (χ4v) is 3.62. The SMILES string of the molecule is Cc1cccc(-c2nc(Nc3ccnc(Nc4nc(C(=O)O)cs4)n3)c3cccn3n2)n1. The number of nitrogens with zero attached hydrogens (tertiary/aromatic N) is 7. The first-order valence-corrected chi connectivity index (χ1v) is 10.3. The van der Waals surface area contributed by atoms with Crippen LogP contribution in [0.5, 0.6) is 0 Å². The van der Waals surface area contributed by atoms with Gasteiger partial charge in [0.1, 0.15) is 17.0 Å². The van der Waals surface area contributed by atoms with Crippen LogP contribution in [0.4, 0.5) is 22.7 Å². The Morgan fingerprint density at radius 1 is 1.06 bits per heavy atom. The van der Waals surface area contributed by atoms with Gasteiger partial charge in [-0.2, -0.15) is 4.98 Å². The first kappa shape index (κ1) is 19.5. The van der Waals surface area contributed by atoms with Crippen LogP contribution < -0.4 is 10.6 Å². The van der Waals surface area contributed by atoms with Crippen molar-refractivity contribution in [3.63, 3.8) is 0 Å². The number of anilines is 4. The number of aryl methyl sites for hydroxylation is 1. The maximum Gasteiger partial charge on any atom is 0.355 e. The Morgan fingerprint density at radius 3 is 2.78 bits per heavy atom. The minimum atomic E-state index is -1.09. The normalized spacial score (nSPS) is 10.9. The van der Waals surface area contributed by atoms with E-state index < -0.39 is 5.97 Å². The number of aromatic nitrogens is 7. The second-order valence-corrected chi connectivity index (χ2v) is 7.50. The Balaban J connectivity index is 1.46. The molecule has 5 aromatic rings. The zero-order valence-corrected chi connectivity index (χ0v) is 17.4. The van der Waals surface area contributed by atoms with Gasteiger partial charge in [-0.25, -0.2) is 29.2 Å². The predicted molar refractivity (Wildman–Crippen MR) is 119 cm³/mol. The average Bonchev–Trinajstić information content (AvgIpc) is 3.44. The van der Waals surface area contributed by atoms with E-state index in [1.807, 2.05) is 43.5 Å². The van der Waals surface area contributed by atoms with Gasteiger partial charge in [0.05, 0.1) is 0 Å². The fourth-order valence-electron chi connectivity index (χ4n) is 2.94. The van der Waals surface area contributed by atoms with Crippen molar-refractivity contribution in [1.82, 2.24) is 34.5 Å². The molecule has 158 valence electrons. The number of carboxylic acids is 1. The molecular formula is C20H15N9O2S. The van der Waals surface area contributed by atoms with Crippen molar-refractivity contribution in [2.75, 3.05) is 10.6 Å². The molecule has 0 bridgehead atoms. The average molecular weight is 445 g/mol. The molecule has 11 nitrogen and oxygen atoms in total. The summed E-state index contributed by atoms with van der Waals surface area (Å²) in [6.45, 7) is 1.91. The number of hydrogen-bond donors (Lipinski definition) is 3. The highest BCUT2D eigenvalue weighted by molar-refractivity contribution is 7.14. The van der Waals surface area contributed by atoms with Gasteiger partial charge in [0.15, 0.2) is 16.6 Å². The third kappa shape index (κ3) is 3.94. The molecule has 0 aliphatic carbocycles. The zero-order chi connectivity index (χ0) is 22.1. The highest BCUT2D eigenvalue weighted by Gasteiger charge is 2.13. The number of carbonyl (C=O) groups is 1. The fraction of sp³-hybridized carbons (Fsp3) is 0.0500. The van der Waals surface area contributed by atoms with Gasteiger partial charge in [-0.3, -0.25) is 5.32 Å². The van der Waals surface area contributed by atoms with E-state index in [-0.39, 0.29) is 11.6 Å². The molecule has 0 atom stereocenters. The van der Waals surface area contributed by atoms with Gasteiger partial charge in [-0.15, -0.1) is 16.4 Å². The van der Waals surface area contributed by atoms with Crippen LogP contribution >= 0.6 is 11.3 Å². The summed E-state index contributed by atoms with van der Waals surface area (Å²) >= 11 is 1.15. The quantitative estimate of drug-likeness (QED) is 0.355. The van der Waals surface area contributed by atoms with Gasteiger partial charge in [0.25, 0.3) is 0 Å². The van der Waals surface area contributed by atoms with Crippen LogP contribution in [-0.4, -0.2) is 45.6 Å². The predicted octanol–water partition coefficient (Wildman–Crippen LogP) is 3.53. The molecule has 0 aromatic carbocycles. The highest BCUT2D eigenvalue weighted by atomic mass is 32.1. The number of pyridine rings is 1. The van der Waals surface area contributed by atoms with Gasteiger partial charge in [-0.1, -0.05) is 6.07 Å². The van der Waals surface area contributed by atoms with Crippen molar-refractivity contribution in [1.29, 1.82) is 0 Å². The summed E-state index contributed by atoms with van der Waals surface area (Å²) in [6, 6.07) is 11.1. The number of rotatable bonds is 6. The largest absolute Gasteiger partial charge is 0.476 e. The maximum absolute atomic E-state index is 11.0. The molecule has 0 amide bonds. The summed E-state index contributed by atoms with van der Waals surface area (Å²) in [5.41, 5.74) is 2.25. The number of thiazole rings is 1. The van der Waals surface area contributed by atoms with E-state index >= 15 is 0 Å². The minimum Gasteiger partial charge on any atom is -0.476 e. The maximum atomic E-state index is 11.0. The van der Waals surface area contributed by atoms with Gasteiger partial charge in [-0.05, 0) is 37.3 Å². The van der Waals surface area contributed by atoms with Crippen LogP contribution in [-0.2, 0) is 0 Å². The molecule has 3 N–H and O–H groups in total. The van der Waals surface area contributed by atoms with E-state index in [9.17, 15) is 4.79 Å². The Bertz CT molecular complexity index is 1450. The standard InChI is InChI=1S/C20H15N9O2S/c1-11-4-2-5-12(22-11)16-26-17(14-6-3-9-29(14)28-16)24-15-7-8-21-19(25-15)27-20-23-13(10-32-20)18(30)31/h2-10H,1H3,(H,30,31)(H2,21,23,24,25,26,27,28). The van der Waals surface area contributed by atoms with Crippen molar-refractivity contribution < 1.29 is 9.90 Å². The zero-order valence-electron chi connectivity index (χ0n) is 16.6. The molecule has 5 heterocycles. The molecule has 5 rings (SSSR count). The van der Waals surface area contributed by atoms with Crippen LogP contribution in [0.15, 0.2) is 54.2 Å². The lowest BCUT2D eigenvalue weighted by Gasteiger charge is -2.10. The van der Waals surface area contributed by atoms with Crippen LogP contribution in [0.1, 0.15) is 16.2 Å². The number of aromatic carboxylic acids is 1. The second-order valence-electron chi connectivity index (χ2n) is 6.64. The van der Waals surface area contributed by atoms with Gasteiger partial charge >= 0.3 is 5.97 Å². The third-order valence-corrected chi connectivity index (χ3v) is 5.11. The van der Waals surface area contributed by atoms with Crippen molar-refractivity contribution in [3.8, 4) is 11.5 Å². The highest BCUT2D eigenvalue weighted by Crippen LogP contribution is 2.24. The van der Waals surface area contributed by atoms with Crippen LogP contribution in [0.3, 0.4) is 0 Å². The molecule has 0 unspecified atom stereocenters. The van der Waals surface area contributed by atoms with Crippen LogP contribution in [0.25, 0.3) is 17.0 Å². The lowest BCUT2D eigenvalue weighted by Crippen LogP contribution is -2.06. The van der Waals surface area contributed by atoms with E-state index in [1.165, 1.54) is 5.38 Å². The summed E-state index contributed by atoms with van der Waals surface area (Å²) in [5.74, 6) is 0.681. The molecule has 0 saturated carbocycles. The second kappa shape index (κ2) is 8.00. The lowest BCUT2D eigenvalue weighted by atomic mass is 10.3. The minimum absolute atomic E-state index is 0.0410. The molecule has 0 radical (unpaired) electrons. The Morgan fingerprint density at radius 2 is 1.97 bits per heavy atom. The van der Waals surface area contributed by atoms with E-state index in [0.717, 1.165) is 22.5 Å². The number of hydrogen-bond acceptors (Lipinski definition) is 10. The molecular weight excluding hydrogens is 430 g/mol. The Labute approximate surface area is 184 Å². The molecule has 0 aliphatic rings.